The fraction of sp³-hybridized carbons (Fsp3) is 0.235. The second kappa shape index (κ2) is 7.01. The number of amides is 1. The molecule has 1 amide bonds. The first-order valence-electron chi connectivity index (χ1n) is 7.61. The van der Waals surface area contributed by atoms with Gasteiger partial charge in [-0.1, -0.05) is 29.3 Å². The van der Waals surface area contributed by atoms with Crippen molar-refractivity contribution in [3.05, 3.63) is 61.5 Å². The van der Waals surface area contributed by atoms with Gasteiger partial charge < -0.3 is 19.3 Å². The normalized spacial score (nSPS) is 13.5. The van der Waals surface area contributed by atoms with Gasteiger partial charge in [0, 0.05) is 25.7 Å². The smallest absolute Gasteiger partial charge is 0.354 e. The number of hydrogen-bond acceptors (Lipinski definition) is 5. The Morgan fingerprint density at radius 3 is 2.58 bits per heavy atom. The lowest BCUT2D eigenvalue weighted by atomic mass is 10.1. The van der Waals surface area contributed by atoms with Crippen molar-refractivity contribution in [3.8, 4) is 5.75 Å². The second-order valence-corrected chi connectivity index (χ2v) is 6.52. The van der Waals surface area contributed by atoms with Crippen molar-refractivity contribution in [2.24, 2.45) is 0 Å². The molecule has 26 heavy (non-hydrogen) atoms. The summed E-state index contributed by atoms with van der Waals surface area (Å²) in [6.07, 6.45) is 0. The van der Waals surface area contributed by atoms with Crippen LogP contribution < -0.4 is 5.43 Å². The molecule has 3 rings (SSSR count). The van der Waals surface area contributed by atoms with E-state index >= 15 is 0 Å². The largest absolute Gasteiger partial charge is 0.503 e. The third-order valence-corrected chi connectivity index (χ3v) is 4.86. The lowest BCUT2D eigenvalue weighted by Gasteiger charge is -2.31. The molecule has 0 aliphatic carbocycles. The van der Waals surface area contributed by atoms with E-state index in [1.165, 1.54) is 16.6 Å². The van der Waals surface area contributed by atoms with E-state index in [1.807, 2.05) is 0 Å². The van der Waals surface area contributed by atoms with Gasteiger partial charge >= 0.3 is 5.97 Å². The van der Waals surface area contributed by atoms with Crippen molar-refractivity contribution in [3.63, 3.8) is 0 Å². The Hall–Kier alpha value is -2.51. The van der Waals surface area contributed by atoms with Gasteiger partial charge in [-0.25, -0.2) is 4.79 Å². The van der Waals surface area contributed by atoms with Gasteiger partial charge in [0.1, 0.15) is 5.69 Å². The van der Waals surface area contributed by atoms with Gasteiger partial charge in [-0.2, -0.15) is 0 Å². The zero-order chi connectivity index (χ0) is 19.0. The second-order valence-electron chi connectivity index (χ2n) is 5.71. The third kappa shape index (κ3) is 3.15. The maximum atomic E-state index is 12.8. The summed E-state index contributed by atoms with van der Waals surface area (Å²) in [6, 6.07) is 5.96. The van der Waals surface area contributed by atoms with Crippen molar-refractivity contribution < 1.29 is 19.4 Å². The Bertz CT molecular complexity index is 970. The molecule has 7 nitrogen and oxygen atoms in total. The summed E-state index contributed by atoms with van der Waals surface area (Å²) in [7, 11) is 1.17. The van der Waals surface area contributed by atoms with Gasteiger partial charge in [0.25, 0.3) is 5.91 Å². The molecule has 1 N–H and O–H groups in total. The molecule has 0 saturated heterocycles. The van der Waals surface area contributed by atoms with Gasteiger partial charge in [-0.15, -0.1) is 0 Å². The van der Waals surface area contributed by atoms with Crippen molar-refractivity contribution in [1.29, 1.82) is 0 Å². The minimum atomic E-state index is -0.818. The number of carbonyl (C=O) groups is 2. The number of ether oxygens (including phenoxy) is 1. The average Bonchev–Trinajstić information content (AvgIpc) is 2.62. The van der Waals surface area contributed by atoms with E-state index in [0.29, 0.717) is 10.0 Å². The first kappa shape index (κ1) is 18.3. The van der Waals surface area contributed by atoms with Crippen LogP contribution in [0, 0.1) is 0 Å². The van der Waals surface area contributed by atoms with Crippen LogP contribution in [-0.2, 0) is 17.8 Å². The number of benzene rings is 1. The molecule has 1 aliphatic rings. The SMILES string of the molecule is COC(=O)c1cc(=O)c(O)c2n1CCN(Cc1ccc(Cl)c(Cl)c1)C2=O. The van der Waals surface area contributed by atoms with Crippen LogP contribution in [-0.4, -0.2) is 40.1 Å². The quantitative estimate of drug-likeness (QED) is 0.803. The highest BCUT2D eigenvalue weighted by Gasteiger charge is 2.31. The summed E-state index contributed by atoms with van der Waals surface area (Å²) in [5.41, 5.74) is -0.384. The summed E-state index contributed by atoms with van der Waals surface area (Å²) in [4.78, 5) is 38.1. The van der Waals surface area contributed by atoms with E-state index in [1.54, 1.807) is 18.2 Å². The highest BCUT2D eigenvalue weighted by Crippen LogP contribution is 2.26. The summed E-state index contributed by atoms with van der Waals surface area (Å²) in [6.45, 7) is 0.713. The van der Waals surface area contributed by atoms with Crippen molar-refractivity contribution in [2.75, 3.05) is 13.7 Å². The number of carbonyl (C=O) groups excluding carboxylic acids is 2. The first-order valence-corrected chi connectivity index (χ1v) is 8.37. The molecule has 2 heterocycles. The molecule has 0 atom stereocenters. The number of halogens is 2. The minimum absolute atomic E-state index is 0.0761. The number of pyridine rings is 1. The molecule has 9 heteroatoms. The molecule has 0 spiro atoms. The third-order valence-electron chi connectivity index (χ3n) is 4.12. The van der Waals surface area contributed by atoms with E-state index in [9.17, 15) is 19.5 Å². The number of aromatic nitrogens is 1. The highest BCUT2D eigenvalue weighted by molar-refractivity contribution is 6.42. The summed E-state index contributed by atoms with van der Waals surface area (Å²) in [5.74, 6) is -2.02. The lowest BCUT2D eigenvalue weighted by Crippen LogP contribution is -2.42. The number of hydrogen-bond donors (Lipinski definition) is 1. The van der Waals surface area contributed by atoms with Crippen LogP contribution in [0.15, 0.2) is 29.1 Å². The van der Waals surface area contributed by atoms with Gasteiger partial charge in [-0.3, -0.25) is 9.59 Å². The highest BCUT2D eigenvalue weighted by atomic mass is 35.5. The van der Waals surface area contributed by atoms with E-state index in [-0.39, 0.29) is 31.0 Å². The minimum Gasteiger partial charge on any atom is -0.503 e. The Morgan fingerprint density at radius 2 is 1.92 bits per heavy atom. The van der Waals surface area contributed by atoms with Crippen LogP contribution in [0.1, 0.15) is 26.5 Å². The zero-order valence-corrected chi connectivity index (χ0v) is 15.2. The van der Waals surface area contributed by atoms with Crippen LogP contribution in [0.2, 0.25) is 10.0 Å². The van der Waals surface area contributed by atoms with Crippen LogP contribution >= 0.6 is 23.2 Å². The maximum Gasteiger partial charge on any atom is 0.354 e. The molecule has 0 bridgehead atoms. The zero-order valence-electron chi connectivity index (χ0n) is 13.7. The summed E-state index contributed by atoms with van der Waals surface area (Å²) < 4.78 is 5.95. The van der Waals surface area contributed by atoms with E-state index in [2.05, 4.69) is 4.74 Å². The fourth-order valence-electron chi connectivity index (χ4n) is 2.84. The molecule has 0 unspecified atom stereocenters. The predicted molar refractivity (Wildman–Crippen MR) is 94.9 cm³/mol. The molecular formula is C17H14Cl2N2O5. The maximum absolute atomic E-state index is 12.8. The molecule has 1 aromatic heterocycles. The van der Waals surface area contributed by atoms with Crippen LogP contribution in [0.4, 0.5) is 0 Å². The molecule has 1 aliphatic heterocycles. The molecule has 0 radical (unpaired) electrons. The van der Waals surface area contributed by atoms with E-state index in [0.717, 1.165) is 11.6 Å². The Morgan fingerprint density at radius 1 is 1.19 bits per heavy atom. The predicted octanol–water partition coefficient (Wildman–Crippen LogP) is 2.30. The van der Waals surface area contributed by atoms with E-state index in [4.69, 9.17) is 23.2 Å². The molecule has 0 saturated carbocycles. The fourth-order valence-corrected chi connectivity index (χ4v) is 3.16. The Labute approximate surface area is 158 Å². The van der Waals surface area contributed by atoms with Crippen LogP contribution in [0.25, 0.3) is 0 Å². The first-order chi connectivity index (χ1) is 12.3. The number of nitrogens with zero attached hydrogens (tertiary/aromatic N) is 2. The van der Waals surface area contributed by atoms with Crippen molar-refractivity contribution in [2.45, 2.75) is 13.1 Å². The van der Waals surface area contributed by atoms with Gasteiger partial charge in [0.05, 0.1) is 17.2 Å². The van der Waals surface area contributed by atoms with E-state index < -0.39 is 23.1 Å². The van der Waals surface area contributed by atoms with Crippen molar-refractivity contribution in [1.82, 2.24) is 9.47 Å². The molecule has 136 valence electrons. The monoisotopic (exact) mass is 396 g/mol. The average molecular weight is 397 g/mol. The molecular weight excluding hydrogens is 383 g/mol. The van der Waals surface area contributed by atoms with Gasteiger partial charge in [-0.05, 0) is 17.7 Å². The molecule has 2 aromatic rings. The number of methoxy groups -OCH3 is 1. The lowest BCUT2D eigenvalue weighted by molar-refractivity contribution is 0.0575. The number of aromatic hydroxyl groups is 1. The van der Waals surface area contributed by atoms with Gasteiger partial charge in [0.15, 0.2) is 11.4 Å². The van der Waals surface area contributed by atoms with Gasteiger partial charge in [0.2, 0.25) is 5.43 Å². The molecule has 0 fully saturated rings. The van der Waals surface area contributed by atoms with Crippen LogP contribution in [0.3, 0.4) is 0 Å². The standard InChI is InChI=1S/C17H14Cl2N2O5/c1-26-17(25)12-7-13(22)15(23)14-16(24)20(4-5-21(12)14)8-9-2-3-10(18)11(19)6-9/h2-3,6-7,23H,4-5,8H2,1H3. The Kier molecular flexibility index (Phi) is 4.93. The summed E-state index contributed by atoms with van der Waals surface area (Å²) >= 11 is 11.9. The van der Waals surface area contributed by atoms with Crippen molar-refractivity contribution >= 4 is 35.1 Å². The Balaban J connectivity index is 1.99. The summed E-state index contributed by atoms with van der Waals surface area (Å²) in [5, 5.41) is 10.8. The number of rotatable bonds is 3. The topological polar surface area (TPSA) is 88.8 Å². The molecule has 1 aromatic carbocycles. The van der Waals surface area contributed by atoms with Crippen LogP contribution in [0.5, 0.6) is 5.75 Å². The number of fused-ring (bicyclic) bond motifs is 1. The number of esters is 1.